The normalized spacial score (nSPS) is 11.4. The second-order valence-electron chi connectivity index (χ2n) is 5.75. The zero-order valence-corrected chi connectivity index (χ0v) is 13.2. The lowest BCUT2D eigenvalue weighted by atomic mass is 10.2. The molecule has 0 amide bonds. The first kappa shape index (κ1) is 15.9. The van der Waals surface area contributed by atoms with Crippen molar-refractivity contribution in [3.05, 3.63) is 17.5 Å². The zero-order valence-electron chi connectivity index (χ0n) is 13.2. The number of anilines is 1. The number of nitrogens with one attached hydrogen (secondary N) is 1. The topological polar surface area (TPSA) is 41.1 Å². The number of aryl methyl sites for hydroxylation is 1. The molecule has 1 N–H and O–H groups in total. The number of nitrogens with zero attached hydrogens (tertiary/aromatic N) is 3. The third-order valence-electron chi connectivity index (χ3n) is 3.02. The van der Waals surface area contributed by atoms with Gasteiger partial charge in [-0.05, 0) is 19.8 Å². The molecule has 19 heavy (non-hydrogen) atoms. The molecule has 1 aromatic heterocycles. The van der Waals surface area contributed by atoms with E-state index in [1.165, 1.54) is 5.56 Å². The van der Waals surface area contributed by atoms with Crippen molar-refractivity contribution in [2.24, 2.45) is 5.92 Å². The first-order valence-electron chi connectivity index (χ1n) is 7.24. The largest absolute Gasteiger partial charge is 0.341 e. The molecule has 1 aromatic rings. The van der Waals surface area contributed by atoms with E-state index >= 15 is 0 Å². The Morgan fingerprint density at radius 1 is 1.26 bits per heavy atom. The summed E-state index contributed by atoms with van der Waals surface area (Å²) in [5.74, 6) is 1.47. The van der Waals surface area contributed by atoms with Crippen LogP contribution >= 0.6 is 0 Å². The third kappa shape index (κ3) is 5.15. The maximum atomic E-state index is 4.65. The molecule has 4 heteroatoms. The summed E-state index contributed by atoms with van der Waals surface area (Å²) in [5.41, 5.74) is 2.25. The summed E-state index contributed by atoms with van der Waals surface area (Å²) >= 11 is 0. The Morgan fingerprint density at radius 3 is 2.42 bits per heavy atom. The number of hydrogen-bond donors (Lipinski definition) is 1. The maximum Gasteiger partial charge on any atom is 0.225 e. The Hall–Kier alpha value is -1.16. The highest BCUT2D eigenvalue weighted by Crippen LogP contribution is 2.13. The average Bonchev–Trinajstić information content (AvgIpc) is 2.34. The van der Waals surface area contributed by atoms with E-state index in [-0.39, 0.29) is 0 Å². The van der Waals surface area contributed by atoms with Gasteiger partial charge in [-0.15, -0.1) is 0 Å². The summed E-state index contributed by atoms with van der Waals surface area (Å²) < 4.78 is 0. The Balaban J connectivity index is 2.79. The summed E-state index contributed by atoms with van der Waals surface area (Å²) in [6.07, 6.45) is 1.95. The van der Waals surface area contributed by atoms with Gasteiger partial charge < -0.3 is 10.2 Å². The van der Waals surface area contributed by atoms with Gasteiger partial charge in [0.1, 0.15) is 0 Å². The zero-order chi connectivity index (χ0) is 14.4. The second kappa shape index (κ2) is 7.43. The molecule has 0 bridgehead atoms. The van der Waals surface area contributed by atoms with Crippen molar-refractivity contribution in [1.82, 2.24) is 15.3 Å². The average molecular weight is 264 g/mol. The maximum absolute atomic E-state index is 4.65. The number of aromatic nitrogens is 2. The monoisotopic (exact) mass is 264 g/mol. The lowest BCUT2D eigenvalue weighted by Crippen LogP contribution is -2.29. The van der Waals surface area contributed by atoms with Crippen LogP contribution < -0.4 is 10.2 Å². The van der Waals surface area contributed by atoms with Crippen molar-refractivity contribution in [2.75, 3.05) is 18.0 Å². The second-order valence-corrected chi connectivity index (χ2v) is 5.75. The summed E-state index contributed by atoms with van der Waals surface area (Å²) in [6, 6.07) is 0.479. The molecule has 0 atom stereocenters. The third-order valence-corrected chi connectivity index (χ3v) is 3.02. The minimum atomic E-state index is 0.479. The molecule has 0 aliphatic heterocycles. The fourth-order valence-electron chi connectivity index (χ4n) is 1.91. The van der Waals surface area contributed by atoms with E-state index in [4.69, 9.17) is 0 Å². The predicted octanol–water partition coefficient (Wildman–Crippen LogP) is 2.77. The van der Waals surface area contributed by atoms with Gasteiger partial charge in [-0.2, -0.15) is 0 Å². The first-order valence-corrected chi connectivity index (χ1v) is 7.24. The highest BCUT2D eigenvalue weighted by molar-refractivity contribution is 5.32. The minimum absolute atomic E-state index is 0.479. The van der Waals surface area contributed by atoms with Gasteiger partial charge in [-0.1, -0.05) is 27.7 Å². The van der Waals surface area contributed by atoms with Crippen molar-refractivity contribution >= 4 is 5.95 Å². The Bertz CT molecular complexity index is 388. The molecule has 1 heterocycles. The van der Waals surface area contributed by atoms with Gasteiger partial charge in [0.25, 0.3) is 0 Å². The molecule has 0 saturated carbocycles. The smallest absolute Gasteiger partial charge is 0.225 e. The van der Waals surface area contributed by atoms with Gasteiger partial charge in [-0.3, -0.25) is 0 Å². The Morgan fingerprint density at radius 2 is 1.95 bits per heavy atom. The SMILES string of the molecule is CCN(CC(C)C)c1ncc(CNC(C)C)c(C)n1. The van der Waals surface area contributed by atoms with Crippen LogP contribution in [0.3, 0.4) is 0 Å². The van der Waals surface area contributed by atoms with E-state index in [0.29, 0.717) is 12.0 Å². The molecule has 1 rings (SSSR count). The van der Waals surface area contributed by atoms with Crippen LogP contribution in [0.1, 0.15) is 45.9 Å². The van der Waals surface area contributed by atoms with Crippen molar-refractivity contribution < 1.29 is 0 Å². The molecule has 0 aromatic carbocycles. The summed E-state index contributed by atoms with van der Waals surface area (Å²) in [7, 11) is 0. The molecule has 0 unspecified atom stereocenters. The molecule has 0 saturated heterocycles. The molecule has 0 aliphatic rings. The van der Waals surface area contributed by atoms with Crippen LogP contribution in [0, 0.1) is 12.8 Å². The molecule has 0 fully saturated rings. The van der Waals surface area contributed by atoms with Crippen molar-refractivity contribution in [1.29, 1.82) is 0 Å². The van der Waals surface area contributed by atoms with Gasteiger partial charge in [-0.25, -0.2) is 9.97 Å². The van der Waals surface area contributed by atoms with Crippen LogP contribution in [-0.2, 0) is 6.54 Å². The Kier molecular flexibility index (Phi) is 6.22. The first-order chi connectivity index (χ1) is 8.93. The molecule has 0 spiro atoms. The van der Waals surface area contributed by atoms with E-state index in [0.717, 1.165) is 31.3 Å². The predicted molar refractivity (Wildman–Crippen MR) is 81.5 cm³/mol. The fraction of sp³-hybridized carbons (Fsp3) is 0.733. The standard InChI is InChI=1S/C15H28N4/c1-7-19(10-11(2)3)15-17-9-14(13(6)18-15)8-16-12(4)5/h9,11-12,16H,7-8,10H2,1-6H3. The minimum Gasteiger partial charge on any atom is -0.341 e. The molecule has 4 nitrogen and oxygen atoms in total. The highest BCUT2D eigenvalue weighted by atomic mass is 15.2. The van der Waals surface area contributed by atoms with E-state index in [9.17, 15) is 0 Å². The van der Waals surface area contributed by atoms with Crippen LogP contribution in [0.2, 0.25) is 0 Å². The molecule has 0 radical (unpaired) electrons. The van der Waals surface area contributed by atoms with Gasteiger partial charge >= 0.3 is 0 Å². The molecular formula is C15H28N4. The van der Waals surface area contributed by atoms with Gasteiger partial charge in [0, 0.05) is 43.1 Å². The highest BCUT2D eigenvalue weighted by Gasteiger charge is 2.11. The lowest BCUT2D eigenvalue weighted by Gasteiger charge is -2.23. The summed E-state index contributed by atoms with van der Waals surface area (Å²) in [5, 5.41) is 3.40. The van der Waals surface area contributed by atoms with Crippen LogP contribution in [-0.4, -0.2) is 29.1 Å². The van der Waals surface area contributed by atoms with Crippen LogP contribution in [0.4, 0.5) is 5.95 Å². The van der Waals surface area contributed by atoms with E-state index < -0.39 is 0 Å². The van der Waals surface area contributed by atoms with E-state index in [2.05, 4.69) is 61.7 Å². The van der Waals surface area contributed by atoms with Gasteiger partial charge in [0.05, 0.1) is 0 Å². The fourth-order valence-corrected chi connectivity index (χ4v) is 1.91. The van der Waals surface area contributed by atoms with Crippen LogP contribution in [0.25, 0.3) is 0 Å². The molecular weight excluding hydrogens is 236 g/mol. The Labute approximate surface area is 117 Å². The van der Waals surface area contributed by atoms with E-state index in [1.54, 1.807) is 0 Å². The van der Waals surface area contributed by atoms with Crippen molar-refractivity contribution in [3.63, 3.8) is 0 Å². The van der Waals surface area contributed by atoms with Gasteiger partial charge in [0.2, 0.25) is 5.95 Å². The number of rotatable bonds is 7. The van der Waals surface area contributed by atoms with Gasteiger partial charge in [0.15, 0.2) is 0 Å². The van der Waals surface area contributed by atoms with E-state index in [1.807, 2.05) is 6.20 Å². The van der Waals surface area contributed by atoms with Crippen molar-refractivity contribution in [3.8, 4) is 0 Å². The molecule has 108 valence electrons. The summed E-state index contributed by atoms with van der Waals surface area (Å²) in [6.45, 7) is 15.7. The van der Waals surface area contributed by atoms with Crippen LogP contribution in [0.15, 0.2) is 6.20 Å². The lowest BCUT2D eigenvalue weighted by molar-refractivity contribution is 0.582. The molecule has 0 aliphatic carbocycles. The summed E-state index contributed by atoms with van der Waals surface area (Å²) in [4.78, 5) is 11.4. The quantitative estimate of drug-likeness (QED) is 0.822. The van der Waals surface area contributed by atoms with Crippen molar-refractivity contribution in [2.45, 2.75) is 54.1 Å². The van der Waals surface area contributed by atoms with Crippen LogP contribution in [0.5, 0.6) is 0 Å². The number of hydrogen-bond acceptors (Lipinski definition) is 4.